The third-order valence-corrected chi connectivity index (χ3v) is 6.97. The van der Waals surface area contributed by atoms with Crippen LogP contribution in [0.1, 0.15) is 16.7 Å². The molecule has 1 fully saturated rings. The minimum Gasteiger partial charge on any atom is -0.488 e. The van der Waals surface area contributed by atoms with Crippen LogP contribution in [0.25, 0.3) is 16.8 Å². The molecule has 4 aromatic rings. The maximum Gasteiger partial charge on any atom is 0.293 e. The lowest BCUT2D eigenvalue weighted by molar-refractivity contribution is -0.123. The molecule has 1 aliphatic rings. The van der Waals surface area contributed by atoms with Crippen molar-refractivity contribution in [3.05, 3.63) is 117 Å². The van der Waals surface area contributed by atoms with Crippen molar-refractivity contribution in [1.82, 2.24) is 4.90 Å². The van der Waals surface area contributed by atoms with Gasteiger partial charge in [0.05, 0.1) is 11.4 Å². The first kappa shape index (κ1) is 22.4. The number of hydrogen-bond donors (Lipinski definition) is 0. The van der Waals surface area contributed by atoms with Crippen molar-refractivity contribution >= 4 is 55.7 Å². The van der Waals surface area contributed by atoms with Gasteiger partial charge in [0.2, 0.25) is 0 Å². The van der Waals surface area contributed by atoms with Crippen LogP contribution < -0.4 is 4.74 Å². The maximum atomic E-state index is 13.0. The van der Waals surface area contributed by atoms with Crippen LogP contribution >= 0.6 is 27.7 Å². The highest BCUT2D eigenvalue weighted by atomic mass is 79.9. The van der Waals surface area contributed by atoms with E-state index in [-0.39, 0.29) is 17.7 Å². The maximum absolute atomic E-state index is 13.0. The average Bonchev–Trinajstić information content (AvgIpc) is 3.11. The SMILES string of the molecule is O=C1S/C(=C\c2ccccc2OCc2cccc3ccccc23)C(=O)N1Cc1cccc(Br)c1. The number of carbonyl (C=O) groups excluding carboxylic acids is 2. The van der Waals surface area contributed by atoms with Gasteiger partial charge in [0.25, 0.3) is 11.1 Å². The molecule has 168 valence electrons. The number of halogens is 1. The third-order valence-electron chi connectivity index (χ3n) is 5.57. The number of imide groups is 1. The predicted octanol–water partition coefficient (Wildman–Crippen LogP) is 7.42. The fraction of sp³-hybridized carbons (Fsp3) is 0.0714. The molecule has 4 aromatic carbocycles. The van der Waals surface area contributed by atoms with Crippen molar-refractivity contribution in [3.8, 4) is 5.75 Å². The third kappa shape index (κ3) is 4.79. The molecule has 1 heterocycles. The second kappa shape index (κ2) is 9.87. The van der Waals surface area contributed by atoms with Gasteiger partial charge in [-0.1, -0.05) is 88.7 Å². The van der Waals surface area contributed by atoms with Crippen LogP contribution in [0.5, 0.6) is 5.75 Å². The smallest absolute Gasteiger partial charge is 0.293 e. The summed E-state index contributed by atoms with van der Waals surface area (Å²) in [7, 11) is 0. The zero-order valence-corrected chi connectivity index (χ0v) is 20.5. The van der Waals surface area contributed by atoms with Crippen LogP contribution in [0, 0.1) is 0 Å². The molecule has 4 nitrogen and oxygen atoms in total. The molecule has 1 aliphatic heterocycles. The van der Waals surface area contributed by atoms with Gasteiger partial charge in [0, 0.05) is 10.0 Å². The Morgan fingerprint density at radius 3 is 2.53 bits per heavy atom. The summed E-state index contributed by atoms with van der Waals surface area (Å²) in [5.41, 5.74) is 2.73. The van der Waals surface area contributed by atoms with E-state index in [0.29, 0.717) is 17.3 Å². The Morgan fingerprint density at radius 2 is 1.65 bits per heavy atom. The Bertz CT molecular complexity index is 1430. The highest BCUT2D eigenvalue weighted by molar-refractivity contribution is 9.10. The molecule has 0 spiro atoms. The first-order valence-electron chi connectivity index (χ1n) is 10.8. The highest BCUT2D eigenvalue weighted by Gasteiger charge is 2.35. The Morgan fingerprint density at radius 1 is 0.882 bits per heavy atom. The summed E-state index contributed by atoms with van der Waals surface area (Å²) < 4.78 is 7.08. The largest absolute Gasteiger partial charge is 0.488 e. The van der Waals surface area contributed by atoms with Crippen molar-refractivity contribution in [1.29, 1.82) is 0 Å². The lowest BCUT2D eigenvalue weighted by Gasteiger charge is -2.13. The van der Waals surface area contributed by atoms with Gasteiger partial charge in [-0.05, 0) is 57.9 Å². The van der Waals surface area contributed by atoms with Crippen LogP contribution in [-0.2, 0) is 17.9 Å². The Labute approximate surface area is 210 Å². The molecular formula is C28H20BrNO3S. The van der Waals surface area contributed by atoms with E-state index in [2.05, 4.69) is 40.2 Å². The van der Waals surface area contributed by atoms with Gasteiger partial charge in [0.1, 0.15) is 12.4 Å². The second-order valence-corrected chi connectivity index (χ2v) is 9.77. The molecule has 0 saturated carbocycles. The van der Waals surface area contributed by atoms with Crippen LogP contribution in [-0.4, -0.2) is 16.0 Å². The van der Waals surface area contributed by atoms with Gasteiger partial charge in [-0.2, -0.15) is 0 Å². The van der Waals surface area contributed by atoms with Crippen molar-refractivity contribution in [2.45, 2.75) is 13.2 Å². The molecule has 0 bridgehead atoms. The normalized spacial score (nSPS) is 14.9. The van der Waals surface area contributed by atoms with Crippen LogP contribution in [0.4, 0.5) is 4.79 Å². The van der Waals surface area contributed by atoms with E-state index in [1.54, 1.807) is 6.08 Å². The number of para-hydroxylation sites is 1. The van der Waals surface area contributed by atoms with E-state index >= 15 is 0 Å². The number of hydrogen-bond acceptors (Lipinski definition) is 4. The number of ether oxygens (including phenoxy) is 1. The fourth-order valence-electron chi connectivity index (χ4n) is 3.90. The van der Waals surface area contributed by atoms with E-state index in [9.17, 15) is 9.59 Å². The summed E-state index contributed by atoms with van der Waals surface area (Å²) in [4.78, 5) is 27.3. The molecule has 0 aliphatic carbocycles. The standard InChI is InChI=1S/C28H20BrNO3S/c29-23-12-5-7-19(15-23)17-30-27(31)26(34-28(30)32)16-21-9-2-4-14-25(21)33-18-22-11-6-10-20-8-1-3-13-24(20)22/h1-16H,17-18H2/b26-16-. The van der Waals surface area contributed by atoms with Crippen LogP contribution in [0.2, 0.25) is 0 Å². The predicted molar refractivity (Wildman–Crippen MR) is 140 cm³/mol. The first-order valence-corrected chi connectivity index (χ1v) is 12.4. The number of rotatable bonds is 6. The summed E-state index contributed by atoms with van der Waals surface area (Å²) in [6.45, 7) is 0.636. The number of benzene rings is 4. The highest BCUT2D eigenvalue weighted by Crippen LogP contribution is 2.35. The zero-order chi connectivity index (χ0) is 23.5. The summed E-state index contributed by atoms with van der Waals surface area (Å²) in [6.07, 6.45) is 1.74. The lowest BCUT2D eigenvalue weighted by atomic mass is 10.1. The van der Waals surface area contributed by atoms with Crippen molar-refractivity contribution in [2.75, 3.05) is 0 Å². The number of thioether (sulfide) groups is 1. The average molecular weight is 530 g/mol. The topological polar surface area (TPSA) is 46.6 Å². The molecule has 0 unspecified atom stereocenters. The summed E-state index contributed by atoms with van der Waals surface area (Å²) in [5, 5.41) is 2.04. The Kier molecular flexibility index (Phi) is 6.52. The van der Waals surface area contributed by atoms with Gasteiger partial charge in [0.15, 0.2) is 0 Å². The molecule has 5 rings (SSSR count). The minimum absolute atomic E-state index is 0.237. The second-order valence-electron chi connectivity index (χ2n) is 7.86. The number of nitrogens with zero attached hydrogens (tertiary/aromatic N) is 1. The van der Waals surface area contributed by atoms with E-state index in [0.717, 1.165) is 43.7 Å². The fourth-order valence-corrected chi connectivity index (χ4v) is 5.18. The Balaban J connectivity index is 1.36. The summed E-state index contributed by atoms with van der Waals surface area (Å²) in [5.74, 6) is 0.369. The molecule has 1 saturated heterocycles. The van der Waals surface area contributed by atoms with E-state index in [1.165, 1.54) is 4.90 Å². The van der Waals surface area contributed by atoms with E-state index in [4.69, 9.17) is 4.74 Å². The molecule has 34 heavy (non-hydrogen) atoms. The van der Waals surface area contributed by atoms with Gasteiger partial charge in [-0.3, -0.25) is 14.5 Å². The first-order chi connectivity index (χ1) is 16.6. The molecular weight excluding hydrogens is 510 g/mol. The zero-order valence-electron chi connectivity index (χ0n) is 18.1. The number of carbonyl (C=O) groups is 2. The minimum atomic E-state index is -0.293. The van der Waals surface area contributed by atoms with Crippen LogP contribution in [0.3, 0.4) is 0 Å². The molecule has 0 atom stereocenters. The molecule has 0 radical (unpaired) electrons. The van der Waals surface area contributed by atoms with Gasteiger partial charge in [-0.15, -0.1) is 0 Å². The quantitative estimate of drug-likeness (QED) is 0.244. The molecule has 2 amide bonds. The summed E-state index contributed by atoms with van der Waals surface area (Å²) in [6, 6.07) is 29.5. The van der Waals surface area contributed by atoms with Crippen LogP contribution in [0.15, 0.2) is 100 Å². The molecule has 6 heteroatoms. The lowest BCUT2D eigenvalue weighted by Crippen LogP contribution is -2.27. The van der Waals surface area contributed by atoms with Gasteiger partial charge < -0.3 is 4.74 Å². The van der Waals surface area contributed by atoms with Gasteiger partial charge >= 0.3 is 0 Å². The van der Waals surface area contributed by atoms with Crippen molar-refractivity contribution in [2.24, 2.45) is 0 Å². The molecule has 0 aromatic heterocycles. The molecule has 0 N–H and O–H groups in total. The monoisotopic (exact) mass is 529 g/mol. The summed E-state index contributed by atoms with van der Waals surface area (Å²) >= 11 is 4.39. The number of amides is 2. The van der Waals surface area contributed by atoms with Crippen molar-refractivity contribution < 1.29 is 14.3 Å². The van der Waals surface area contributed by atoms with E-state index < -0.39 is 0 Å². The Hall–Kier alpha value is -3.35. The van der Waals surface area contributed by atoms with Crippen molar-refractivity contribution in [3.63, 3.8) is 0 Å². The van der Waals surface area contributed by atoms with Gasteiger partial charge in [-0.25, -0.2) is 0 Å². The van der Waals surface area contributed by atoms with E-state index in [1.807, 2.05) is 66.7 Å². The number of fused-ring (bicyclic) bond motifs is 1.